The lowest BCUT2D eigenvalue weighted by Gasteiger charge is -2.06. The molecule has 0 N–H and O–H groups in total. The number of Topliss-reactive ketones (excluding diaryl/α,β-unsaturated/α-hetero) is 1. The molecule has 2 nitrogen and oxygen atoms in total. The molecule has 2 rings (SSSR count). The van der Waals surface area contributed by atoms with Crippen molar-refractivity contribution in [1.29, 1.82) is 0 Å². The highest BCUT2D eigenvalue weighted by atomic mass is 16.1. The van der Waals surface area contributed by atoms with Crippen molar-refractivity contribution in [3.05, 3.63) is 76.6 Å². The van der Waals surface area contributed by atoms with E-state index in [1.54, 1.807) is 12.1 Å². The highest BCUT2D eigenvalue weighted by molar-refractivity contribution is 5.98. The summed E-state index contributed by atoms with van der Waals surface area (Å²) >= 11 is 0. The van der Waals surface area contributed by atoms with Gasteiger partial charge in [0.05, 0.1) is 6.57 Å². The molecule has 0 spiro atoms. The molecule has 2 heteroatoms. The Labute approximate surface area is 107 Å². The number of rotatable bonds is 3. The summed E-state index contributed by atoms with van der Waals surface area (Å²) in [6, 6.07) is 14.8. The number of carbonyl (C=O) groups is 1. The Morgan fingerprint density at radius 1 is 1.11 bits per heavy atom. The van der Waals surface area contributed by atoms with Gasteiger partial charge < -0.3 is 0 Å². The zero-order chi connectivity index (χ0) is 13.0. The van der Waals surface area contributed by atoms with Gasteiger partial charge >= 0.3 is 0 Å². The fraction of sp³-hybridized carbons (Fsp3) is 0.125. The molecule has 0 fully saturated rings. The summed E-state index contributed by atoms with van der Waals surface area (Å²) in [5, 5.41) is 0. The van der Waals surface area contributed by atoms with Gasteiger partial charge in [-0.1, -0.05) is 48.5 Å². The molecule has 0 aliphatic carbocycles. The third-order valence-corrected chi connectivity index (χ3v) is 2.88. The van der Waals surface area contributed by atoms with Crippen molar-refractivity contribution in [2.45, 2.75) is 13.3 Å². The second-order valence-electron chi connectivity index (χ2n) is 4.16. The van der Waals surface area contributed by atoms with Crippen LogP contribution in [0.5, 0.6) is 0 Å². The summed E-state index contributed by atoms with van der Waals surface area (Å²) in [7, 11) is 0. The minimum absolute atomic E-state index is 0.0473. The van der Waals surface area contributed by atoms with E-state index in [9.17, 15) is 4.79 Å². The van der Waals surface area contributed by atoms with Crippen LogP contribution in [0.4, 0.5) is 5.69 Å². The summed E-state index contributed by atoms with van der Waals surface area (Å²) in [6.45, 7) is 9.08. The van der Waals surface area contributed by atoms with E-state index in [1.807, 2.05) is 43.3 Å². The van der Waals surface area contributed by atoms with Crippen molar-refractivity contribution in [1.82, 2.24) is 0 Å². The van der Waals surface area contributed by atoms with Gasteiger partial charge in [0.25, 0.3) is 0 Å². The largest absolute Gasteiger partial charge is 0.294 e. The van der Waals surface area contributed by atoms with E-state index in [0.717, 1.165) is 11.1 Å². The highest BCUT2D eigenvalue weighted by Gasteiger charge is 2.11. The minimum atomic E-state index is 0.0473. The lowest BCUT2D eigenvalue weighted by molar-refractivity contribution is 0.0993. The number of hydrogen-bond acceptors (Lipinski definition) is 1. The molecule has 0 bridgehead atoms. The molecule has 0 amide bonds. The fourth-order valence-electron chi connectivity index (χ4n) is 1.92. The number of nitrogens with zero attached hydrogens (tertiary/aromatic N) is 1. The predicted molar refractivity (Wildman–Crippen MR) is 71.9 cm³/mol. The highest BCUT2D eigenvalue weighted by Crippen LogP contribution is 2.25. The zero-order valence-corrected chi connectivity index (χ0v) is 10.2. The molecule has 0 aliphatic heterocycles. The molecule has 88 valence electrons. The number of benzene rings is 2. The summed E-state index contributed by atoms with van der Waals surface area (Å²) in [4.78, 5) is 15.6. The monoisotopic (exact) mass is 235 g/mol. The zero-order valence-electron chi connectivity index (χ0n) is 10.2. The Morgan fingerprint density at radius 3 is 2.50 bits per heavy atom. The van der Waals surface area contributed by atoms with Crippen LogP contribution in [0, 0.1) is 13.5 Å². The van der Waals surface area contributed by atoms with Gasteiger partial charge in [0, 0.05) is 12.0 Å². The van der Waals surface area contributed by atoms with Crippen LogP contribution >= 0.6 is 0 Å². The van der Waals surface area contributed by atoms with E-state index in [0.29, 0.717) is 11.3 Å². The summed E-state index contributed by atoms with van der Waals surface area (Å²) < 4.78 is 0. The Bertz CT molecular complexity index is 609. The normalized spacial score (nSPS) is 9.78. The molecule has 0 heterocycles. The van der Waals surface area contributed by atoms with Crippen LogP contribution in [-0.2, 0) is 6.42 Å². The molecule has 18 heavy (non-hydrogen) atoms. The summed E-state index contributed by atoms with van der Waals surface area (Å²) in [5.74, 6) is 0.0473. The maximum Gasteiger partial charge on any atom is 0.193 e. The van der Waals surface area contributed by atoms with Crippen LogP contribution in [0.2, 0.25) is 0 Å². The average molecular weight is 235 g/mol. The molecule has 2 aromatic rings. The topological polar surface area (TPSA) is 21.4 Å². The second-order valence-corrected chi connectivity index (χ2v) is 4.16. The van der Waals surface area contributed by atoms with Gasteiger partial charge in [0.2, 0.25) is 0 Å². The number of ketones is 1. The first kappa shape index (κ1) is 12.1. The number of aryl methyl sites for hydroxylation is 1. The third kappa shape index (κ3) is 2.46. The van der Waals surface area contributed by atoms with Crippen molar-refractivity contribution in [3.63, 3.8) is 0 Å². The minimum Gasteiger partial charge on any atom is -0.294 e. The summed E-state index contributed by atoms with van der Waals surface area (Å²) in [5.41, 5.74) is 3.01. The molecule has 0 saturated heterocycles. The smallest absolute Gasteiger partial charge is 0.193 e. The van der Waals surface area contributed by atoms with Crippen molar-refractivity contribution >= 4 is 11.5 Å². The molecule has 0 unspecified atom stereocenters. The molecular weight excluding hydrogens is 222 g/mol. The van der Waals surface area contributed by atoms with Crippen LogP contribution in [0.15, 0.2) is 48.5 Å². The van der Waals surface area contributed by atoms with Gasteiger partial charge in [-0.15, -0.1) is 0 Å². The Balaban J connectivity index is 2.29. The standard InChI is InChI=1S/C16H13NO/c1-12-7-6-10-14(16(12)17-2)11-15(18)13-8-4-3-5-9-13/h3-10H,11H2,1H3. The predicted octanol–water partition coefficient (Wildman–Crippen LogP) is 3.97. The van der Waals surface area contributed by atoms with Crippen molar-refractivity contribution in [2.75, 3.05) is 0 Å². The van der Waals surface area contributed by atoms with Gasteiger partial charge in [0.15, 0.2) is 11.5 Å². The average Bonchev–Trinajstić information content (AvgIpc) is 2.40. The Kier molecular flexibility index (Phi) is 3.54. The first-order valence-corrected chi connectivity index (χ1v) is 5.76. The van der Waals surface area contributed by atoms with Gasteiger partial charge in [-0.25, -0.2) is 4.85 Å². The van der Waals surface area contributed by atoms with Gasteiger partial charge in [-0.2, -0.15) is 0 Å². The van der Waals surface area contributed by atoms with Crippen molar-refractivity contribution < 1.29 is 4.79 Å². The van der Waals surface area contributed by atoms with Crippen LogP contribution in [0.25, 0.3) is 4.85 Å². The second kappa shape index (κ2) is 5.29. The molecule has 0 aliphatic rings. The van der Waals surface area contributed by atoms with E-state index in [2.05, 4.69) is 4.85 Å². The van der Waals surface area contributed by atoms with Crippen LogP contribution in [-0.4, -0.2) is 5.78 Å². The van der Waals surface area contributed by atoms with Crippen molar-refractivity contribution in [3.8, 4) is 0 Å². The lowest BCUT2D eigenvalue weighted by Crippen LogP contribution is -2.03. The van der Waals surface area contributed by atoms with E-state index in [1.165, 1.54) is 0 Å². The van der Waals surface area contributed by atoms with Crippen LogP contribution in [0.1, 0.15) is 21.5 Å². The molecule has 0 saturated carbocycles. The first-order chi connectivity index (χ1) is 8.72. The van der Waals surface area contributed by atoms with Crippen LogP contribution in [0.3, 0.4) is 0 Å². The molecule has 2 aromatic carbocycles. The van der Waals surface area contributed by atoms with Crippen LogP contribution < -0.4 is 0 Å². The maximum atomic E-state index is 12.1. The number of hydrogen-bond donors (Lipinski definition) is 0. The van der Waals surface area contributed by atoms with Gasteiger partial charge in [-0.3, -0.25) is 4.79 Å². The van der Waals surface area contributed by atoms with E-state index in [4.69, 9.17) is 6.57 Å². The third-order valence-electron chi connectivity index (χ3n) is 2.88. The SMILES string of the molecule is [C-]#[N+]c1c(C)cccc1CC(=O)c1ccccc1. The molecule has 0 aromatic heterocycles. The molecule has 0 atom stereocenters. The molecule has 0 radical (unpaired) electrons. The van der Waals surface area contributed by atoms with Gasteiger partial charge in [-0.05, 0) is 18.1 Å². The van der Waals surface area contributed by atoms with E-state index >= 15 is 0 Å². The van der Waals surface area contributed by atoms with E-state index in [-0.39, 0.29) is 12.2 Å². The molecular formula is C16H13NO. The van der Waals surface area contributed by atoms with Gasteiger partial charge in [0.1, 0.15) is 0 Å². The Hall–Kier alpha value is -2.40. The lowest BCUT2D eigenvalue weighted by atomic mass is 10.00. The summed E-state index contributed by atoms with van der Waals surface area (Å²) in [6.07, 6.45) is 0.281. The fourth-order valence-corrected chi connectivity index (χ4v) is 1.92. The number of carbonyl (C=O) groups excluding carboxylic acids is 1. The maximum absolute atomic E-state index is 12.1. The first-order valence-electron chi connectivity index (χ1n) is 5.76. The van der Waals surface area contributed by atoms with Crippen molar-refractivity contribution in [2.24, 2.45) is 0 Å². The Morgan fingerprint density at radius 2 is 1.83 bits per heavy atom. The number of para-hydroxylation sites is 1. The van der Waals surface area contributed by atoms with E-state index < -0.39 is 0 Å². The quantitative estimate of drug-likeness (QED) is 0.582.